The number of likely N-dealkylation sites (tertiary alicyclic amines) is 1. The summed E-state index contributed by atoms with van der Waals surface area (Å²) in [7, 11) is 0. The van der Waals surface area contributed by atoms with Crippen LogP contribution in [0.1, 0.15) is 32.3 Å². The van der Waals surface area contributed by atoms with Crippen molar-refractivity contribution in [3.05, 3.63) is 35.9 Å². The van der Waals surface area contributed by atoms with Gasteiger partial charge in [-0.25, -0.2) is 0 Å². The van der Waals surface area contributed by atoms with Gasteiger partial charge in [-0.1, -0.05) is 44.2 Å². The summed E-state index contributed by atoms with van der Waals surface area (Å²) >= 11 is 0. The number of nitrogens with zero attached hydrogens (tertiary/aromatic N) is 1. The lowest BCUT2D eigenvalue weighted by Gasteiger charge is -2.40. The Bertz CT molecular complexity index is 385. The van der Waals surface area contributed by atoms with E-state index in [-0.39, 0.29) is 12.0 Å². The minimum Gasteiger partial charge on any atom is -0.393 e. The highest BCUT2D eigenvalue weighted by Crippen LogP contribution is 2.31. The predicted octanol–water partition coefficient (Wildman–Crippen LogP) is 1.99. The molecule has 1 aromatic rings. The van der Waals surface area contributed by atoms with Crippen molar-refractivity contribution < 1.29 is 10.2 Å². The molecule has 0 saturated carbocycles. The van der Waals surface area contributed by atoms with Gasteiger partial charge >= 0.3 is 0 Å². The highest BCUT2D eigenvalue weighted by molar-refractivity contribution is 5.23. The van der Waals surface area contributed by atoms with Gasteiger partial charge in [0.05, 0.1) is 6.10 Å². The number of hydrogen-bond acceptors (Lipinski definition) is 3. The van der Waals surface area contributed by atoms with Crippen LogP contribution in [0.5, 0.6) is 0 Å². The molecule has 0 aliphatic carbocycles. The lowest BCUT2D eigenvalue weighted by molar-refractivity contribution is -0.0515. The van der Waals surface area contributed by atoms with Crippen LogP contribution in [0.2, 0.25) is 0 Å². The van der Waals surface area contributed by atoms with Crippen molar-refractivity contribution in [3.63, 3.8) is 0 Å². The molecule has 1 unspecified atom stereocenters. The van der Waals surface area contributed by atoms with Crippen LogP contribution >= 0.6 is 0 Å². The molecule has 3 nitrogen and oxygen atoms in total. The van der Waals surface area contributed by atoms with Crippen molar-refractivity contribution in [1.82, 2.24) is 4.90 Å². The van der Waals surface area contributed by atoms with Crippen molar-refractivity contribution >= 4 is 0 Å². The molecule has 19 heavy (non-hydrogen) atoms. The van der Waals surface area contributed by atoms with Crippen molar-refractivity contribution in [2.75, 3.05) is 19.6 Å². The van der Waals surface area contributed by atoms with Gasteiger partial charge in [0.15, 0.2) is 0 Å². The lowest BCUT2D eigenvalue weighted by Crippen LogP contribution is -2.47. The molecule has 1 saturated heterocycles. The summed E-state index contributed by atoms with van der Waals surface area (Å²) in [5.41, 5.74) is 0.167. The number of aliphatic hydroxyl groups is 2. The van der Waals surface area contributed by atoms with Crippen LogP contribution in [0.15, 0.2) is 30.3 Å². The molecule has 0 amide bonds. The SMILES string of the molecule is CC(C)C(O)(CN1CCC(O)CC1)c1ccccc1. The molecular weight excluding hydrogens is 238 g/mol. The molecule has 2 N–H and O–H groups in total. The largest absolute Gasteiger partial charge is 0.393 e. The fourth-order valence-corrected chi connectivity index (χ4v) is 2.75. The summed E-state index contributed by atoms with van der Waals surface area (Å²) in [6, 6.07) is 9.92. The van der Waals surface area contributed by atoms with Crippen molar-refractivity contribution in [2.45, 2.75) is 38.4 Å². The van der Waals surface area contributed by atoms with E-state index in [0.717, 1.165) is 31.5 Å². The van der Waals surface area contributed by atoms with Gasteiger partial charge in [0.2, 0.25) is 0 Å². The third-order valence-electron chi connectivity index (χ3n) is 4.25. The predicted molar refractivity (Wildman–Crippen MR) is 76.9 cm³/mol. The maximum Gasteiger partial charge on any atom is 0.104 e. The van der Waals surface area contributed by atoms with Gasteiger partial charge in [0.25, 0.3) is 0 Å². The fraction of sp³-hybridized carbons (Fsp3) is 0.625. The number of piperidine rings is 1. The molecule has 0 radical (unpaired) electrons. The van der Waals surface area contributed by atoms with Crippen molar-refractivity contribution in [1.29, 1.82) is 0 Å². The van der Waals surface area contributed by atoms with Crippen molar-refractivity contribution in [3.8, 4) is 0 Å². The Morgan fingerprint density at radius 1 is 1.21 bits per heavy atom. The van der Waals surface area contributed by atoms with Gasteiger partial charge in [-0.3, -0.25) is 4.90 Å². The van der Waals surface area contributed by atoms with Gasteiger partial charge in [0.1, 0.15) is 5.60 Å². The summed E-state index contributed by atoms with van der Waals surface area (Å²) in [5.74, 6) is 0.154. The molecule has 2 rings (SSSR count). The summed E-state index contributed by atoms with van der Waals surface area (Å²) in [6.07, 6.45) is 1.45. The van der Waals surface area contributed by atoms with Gasteiger partial charge < -0.3 is 10.2 Å². The highest BCUT2D eigenvalue weighted by Gasteiger charge is 2.35. The minimum absolute atomic E-state index is 0.154. The van der Waals surface area contributed by atoms with Crippen LogP contribution in [0.25, 0.3) is 0 Å². The van der Waals surface area contributed by atoms with E-state index in [2.05, 4.69) is 18.7 Å². The Morgan fingerprint density at radius 3 is 2.32 bits per heavy atom. The van der Waals surface area contributed by atoms with Crippen LogP contribution in [0.3, 0.4) is 0 Å². The summed E-state index contributed by atoms with van der Waals surface area (Å²) in [4.78, 5) is 2.26. The quantitative estimate of drug-likeness (QED) is 0.873. The first-order chi connectivity index (χ1) is 9.02. The van der Waals surface area contributed by atoms with E-state index < -0.39 is 5.60 Å². The molecular formula is C16H25NO2. The molecule has 106 valence electrons. The first-order valence-corrected chi connectivity index (χ1v) is 7.20. The zero-order valence-electron chi connectivity index (χ0n) is 11.9. The van der Waals surface area contributed by atoms with Crippen LogP contribution in [-0.2, 0) is 5.60 Å². The fourth-order valence-electron chi connectivity index (χ4n) is 2.75. The van der Waals surface area contributed by atoms with Crippen LogP contribution in [0.4, 0.5) is 0 Å². The number of hydrogen-bond donors (Lipinski definition) is 2. The number of β-amino-alcohol motifs (C(OH)–C–C–N with tert-alkyl or cyclic N) is 1. The van der Waals surface area contributed by atoms with E-state index in [1.54, 1.807) is 0 Å². The maximum absolute atomic E-state index is 11.1. The van der Waals surface area contributed by atoms with Gasteiger partial charge in [-0.15, -0.1) is 0 Å². The smallest absolute Gasteiger partial charge is 0.104 e. The molecule has 1 aromatic carbocycles. The monoisotopic (exact) mass is 263 g/mol. The van der Waals surface area contributed by atoms with E-state index >= 15 is 0 Å². The number of aliphatic hydroxyl groups excluding tert-OH is 1. The Morgan fingerprint density at radius 2 is 1.79 bits per heavy atom. The standard InChI is InChI=1S/C16H25NO2/c1-13(2)16(19,14-6-4-3-5-7-14)12-17-10-8-15(18)9-11-17/h3-7,13,15,18-19H,8-12H2,1-2H3. The van der Waals surface area contributed by atoms with E-state index in [0.29, 0.717) is 6.54 Å². The molecule has 1 heterocycles. The highest BCUT2D eigenvalue weighted by atomic mass is 16.3. The topological polar surface area (TPSA) is 43.7 Å². The van der Waals surface area contributed by atoms with Gasteiger partial charge in [-0.05, 0) is 24.3 Å². The Labute approximate surface area is 115 Å². The van der Waals surface area contributed by atoms with E-state index in [1.165, 1.54) is 0 Å². The summed E-state index contributed by atoms with van der Waals surface area (Å²) in [6.45, 7) is 6.49. The lowest BCUT2D eigenvalue weighted by atomic mass is 9.82. The van der Waals surface area contributed by atoms with Gasteiger partial charge in [0, 0.05) is 19.6 Å². The number of benzene rings is 1. The van der Waals surface area contributed by atoms with E-state index in [1.807, 2.05) is 30.3 Å². The normalized spacial score (nSPS) is 21.5. The molecule has 1 aliphatic rings. The second-order valence-electron chi connectivity index (χ2n) is 5.95. The van der Waals surface area contributed by atoms with E-state index in [4.69, 9.17) is 0 Å². The van der Waals surface area contributed by atoms with Crippen molar-refractivity contribution in [2.24, 2.45) is 5.92 Å². The third-order valence-corrected chi connectivity index (χ3v) is 4.25. The molecule has 1 aliphatic heterocycles. The Balaban J connectivity index is 2.12. The molecule has 1 atom stereocenters. The van der Waals surface area contributed by atoms with E-state index in [9.17, 15) is 10.2 Å². The summed E-state index contributed by atoms with van der Waals surface area (Å²) in [5, 5.41) is 20.6. The molecule has 0 bridgehead atoms. The number of rotatable bonds is 4. The zero-order chi connectivity index (χ0) is 13.9. The molecule has 0 aromatic heterocycles. The second kappa shape index (κ2) is 6.04. The van der Waals surface area contributed by atoms with Crippen LogP contribution in [0, 0.1) is 5.92 Å². The third kappa shape index (κ3) is 3.35. The minimum atomic E-state index is -0.816. The summed E-state index contributed by atoms with van der Waals surface area (Å²) < 4.78 is 0. The molecule has 3 heteroatoms. The molecule has 1 fully saturated rings. The average Bonchev–Trinajstić information content (AvgIpc) is 2.42. The van der Waals surface area contributed by atoms with Crippen LogP contribution < -0.4 is 0 Å². The van der Waals surface area contributed by atoms with Gasteiger partial charge in [-0.2, -0.15) is 0 Å². The first-order valence-electron chi connectivity index (χ1n) is 7.20. The first kappa shape index (κ1) is 14.5. The Kier molecular flexibility index (Phi) is 4.61. The average molecular weight is 263 g/mol. The van der Waals surface area contributed by atoms with Crippen LogP contribution in [-0.4, -0.2) is 40.9 Å². The molecule has 0 spiro atoms. The zero-order valence-corrected chi connectivity index (χ0v) is 11.9. The Hall–Kier alpha value is -0.900. The second-order valence-corrected chi connectivity index (χ2v) is 5.95. The maximum atomic E-state index is 11.1.